The third kappa shape index (κ3) is 4.29. The lowest BCUT2D eigenvalue weighted by molar-refractivity contribution is -0.122. The summed E-state index contributed by atoms with van der Waals surface area (Å²) in [7, 11) is 1.96. The van der Waals surface area contributed by atoms with E-state index in [1.807, 2.05) is 7.05 Å². The minimum absolute atomic E-state index is 0.0384. The van der Waals surface area contributed by atoms with E-state index in [9.17, 15) is 9.18 Å². The maximum absolute atomic E-state index is 12.7. The number of nitrogens with one attached hydrogen (secondary N) is 2. The fourth-order valence-corrected chi connectivity index (χ4v) is 1.99. The Morgan fingerprint density at radius 2 is 2.11 bits per heavy atom. The van der Waals surface area contributed by atoms with Crippen LogP contribution in [0.5, 0.6) is 0 Å². The van der Waals surface area contributed by atoms with Crippen LogP contribution in [0.4, 0.5) is 4.39 Å². The van der Waals surface area contributed by atoms with Gasteiger partial charge in [0, 0.05) is 25.7 Å². The number of carbonyl (C=O) groups is 1. The maximum Gasteiger partial charge on any atom is 0.234 e. The van der Waals surface area contributed by atoms with Crippen molar-refractivity contribution in [1.82, 2.24) is 15.5 Å². The van der Waals surface area contributed by atoms with Crippen molar-refractivity contribution in [2.45, 2.75) is 12.5 Å². The molecule has 1 amide bonds. The van der Waals surface area contributed by atoms with Crippen molar-refractivity contribution in [1.29, 1.82) is 0 Å². The van der Waals surface area contributed by atoms with Crippen LogP contribution in [0.3, 0.4) is 0 Å². The first kappa shape index (κ1) is 14.0. The molecule has 0 radical (unpaired) electrons. The van der Waals surface area contributed by atoms with Gasteiger partial charge in [0.1, 0.15) is 5.82 Å². The molecule has 1 aromatic rings. The fraction of sp³-hybridized carbons (Fsp3) is 0.500. The lowest BCUT2D eigenvalue weighted by Gasteiger charge is -2.35. The summed E-state index contributed by atoms with van der Waals surface area (Å²) in [5.74, 6) is -0.194. The normalized spacial score (nSPS) is 15.3. The fourth-order valence-electron chi connectivity index (χ4n) is 1.99. The minimum atomic E-state index is -0.233. The van der Waals surface area contributed by atoms with Gasteiger partial charge >= 0.3 is 0 Å². The van der Waals surface area contributed by atoms with Gasteiger partial charge in [-0.15, -0.1) is 0 Å². The van der Waals surface area contributed by atoms with Gasteiger partial charge in [0.25, 0.3) is 0 Å². The number of rotatable bonds is 6. The van der Waals surface area contributed by atoms with Crippen molar-refractivity contribution in [3.8, 4) is 0 Å². The zero-order valence-electron chi connectivity index (χ0n) is 11.2. The second kappa shape index (κ2) is 6.63. The molecular weight excluding hydrogens is 245 g/mol. The highest BCUT2D eigenvalue weighted by Crippen LogP contribution is 2.03. The summed E-state index contributed by atoms with van der Waals surface area (Å²) >= 11 is 0. The summed E-state index contributed by atoms with van der Waals surface area (Å²) in [5.41, 5.74) is 1.03. The van der Waals surface area contributed by atoms with E-state index in [1.165, 1.54) is 12.1 Å². The number of carbonyl (C=O) groups excluding carboxylic acids is 1. The average Bonchev–Trinajstić information content (AvgIpc) is 2.29. The Labute approximate surface area is 113 Å². The lowest BCUT2D eigenvalue weighted by Crippen LogP contribution is -2.57. The van der Waals surface area contributed by atoms with Gasteiger partial charge in [-0.1, -0.05) is 12.1 Å². The summed E-state index contributed by atoms with van der Waals surface area (Å²) in [5, 5.41) is 6.07. The monoisotopic (exact) mass is 265 g/mol. The van der Waals surface area contributed by atoms with E-state index in [0.29, 0.717) is 19.1 Å². The quantitative estimate of drug-likeness (QED) is 0.782. The number of likely N-dealkylation sites (N-methyl/N-ethyl adjacent to an activating group) is 1. The number of halogens is 1. The highest BCUT2D eigenvalue weighted by Gasteiger charge is 2.22. The van der Waals surface area contributed by atoms with Crippen LogP contribution >= 0.6 is 0 Å². The second-order valence-corrected chi connectivity index (χ2v) is 4.95. The molecule has 2 N–H and O–H groups in total. The topological polar surface area (TPSA) is 44.4 Å². The van der Waals surface area contributed by atoms with Crippen LogP contribution in [0.25, 0.3) is 0 Å². The van der Waals surface area contributed by atoms with Crippen molar-refractivity contribution >= 4 is 5.91 Å². The molecule has 2 rings (SSSR count). The van der Waals surface area contributed by atoms with Crippen molar-refractivity contribution in [2.24, 2.45) is 0 Å². The van der Waals surface area contributed by atoms with Gasteiger partial charge in [-0.2, -0.15) is 0 Å². The molecule has 1 aliphatic rings. The lowest BCUT2D eigenvalue weighted by atomic mass is 10.1. The van der Waals surface area contributed by atoms with Crippen LogP contribution in [0, 0.1) is 5.82 Å². The van der Waals surface area contributed by atoms with Crippen molar-refractivity contribution in [3.63, 3.8) is 0 Å². The minimum Gasteiger partial charge on any atom is -0.355 e. The summed E-state index contributed by atoms with van der Waals surface area (Å²) in [6, 6.07) is 6.84. The molecule has 1 aromatic carbocycles. The Morgan fingerprint density at radius 1 is 1.42 bits per heavy atom. The highest BCUT2D eigenvalue weighted by atomic mass is 19.1. The second-order valence-electron chi connectivity index (χ2n) is 4.95. The van der Waals surface area contributed by atoms with Gasteiger partial charge in [0.05, 0.1) is 6.54 Å². The first-order valence-electron chi connectivity index (χ1n) is 6.57. The standard InChI is InChI=1S/C14H20FN3O/c1-18(13-8-16-9-13)10-14(19)17-7-6-11-2-4-12(15)5-3-11/h2-5,13,16H,6-10H2,1H3,(H,17,19). The summed E-state index contributed by atoms with van der Waals surface area (Å²) in [6.07, 6.45) is 0.723. The molecule has 0 spiro atoms. The first-order chi connectivity index (χ1) is 9.15. The molecule has 0 bridgehead atoms. The van der Waals surface area contributed by atoms with Crippen LogP contribution in [-0.4, -0.2) is 50.1 Å². The molecule has 19 heavy (non-hydrogen) atoms. The smallest absolute Gasteiger partial charge is 0.234 e. The zero-order chi connectivity index (χ0) is 13.7. The van der Waals surface area contributed by atoms with Crippen LogP contribution in [-0.2, 0) is 11.2 Å². The van der Waals surface area contributed by atoms with E-state index in [4.69, 9.17) is 0 Å². The van der Waals surface area contributed by atoms with E-state index in [2.05, 4.69) is 15.5 Å². The third-order valence-corrected chi connectivity index (χ3v) is 3.43. The van der Waals surface area contributed by atoms with Crippen LogP contribution in [0.2, 0.25) is 0 Å². The molecule has 1 aliphatic heterocycles. The predicted octanol–water partition coefficient (Wildman–Crippen LogP) is 0.388. The van der Waals surface area contributed by atoms with Crippen molar-refractivity contribution in [2.75, 3.05) is 33.2 Å². The number of nitrogens with zero attached hydrogens (tertiary/aromatic N) is 1. The summed E-state index contributed by atoms with van der Waals surface area (Å²) in [6.45, 7) is 2.93. The molecule has 1 saturated heterocycles. The molecule has 1 heterocycles. The number of hydrogen-bond acceptors (Lipinski definition) is 3. The summed E-state index contributed by atoms with van der Waals surface area (Å²) < 4.78 is 12.7. The van der Waals surface area contributed by atoms with Crippen LogP contribution in [0.1, 0.15) is 5.56 Å². The largest absolute Gasteiger partial charge is 0.355 e. The number of hydrogen-bond donors (Lipinski definition) is 2. The van der Waals surface area contributed by atoms with Crippen LogP contribution in [0.15, 0.2) is 24.3 Å². The van der Waals surface area contributed by atoms with Gasteiger partial charge in [0.2, 0.25) is 5.91 Å². The van der Waals surface area contributed by atoms with E-state index in [0.717, 1.165) is 25.1 Å². The average molecular weight is 265 g/mol. The van der Waals surface area contributed by atoms with Gasteiger partial charge in [-0.05, 0) is 31.2 Å². The molecule has 0 atom stereocenters. The molecule has 1 fully saturated rings. The summed E-state index contributed by atoms with van der Waals surface area (Å²) in [4.78, 5) is 13.8. The van der Waals surface area contributed by atoms with Crippen LogP contribution < -0.4 is 10.6 Å². The Bertz CT molecular complexity index is 417. The zero-order valence-corrected chi connectivity index (χ0v) is 11.2. The molecular formula is C14H20FN3O. The molecule has 0 saturated carbocycles. The Kier molecular flexibility index (Phi) is 4.87. The Morgan fingerprint density at radius 3 is 2.68 bits per heavy atom. The molecule has 4 nitrogen and oxygen atoms in total. The molecule has 0 aliphatic carbocycles. The van der Waals surface area contributed by atoms with E-state index in [1.54, 1.807) is 12.1 Å². The predicted molar refractivity (Wildman–Crippen MR) is 72.4 cm³/mol. The maximum atomic E-state index is 12.7. The van der Waals surface area contributed by atoms with E-state index < -0.39 is 0 Å². The highest BCUT2D eigenvalue weighted by molar-refractivity contribution is 5.78. The Hall–Kier alpha value is -1.46. The van der Waals surface area contributed by atoms with Crippen molar-refractivity contribution in [3.05, 3.63) is 35.6 Å². The molecule has 5 heteroatoms. The van der Waals surface area contributed by atoms with E-state index >= 15 is 0 Å². The van der Waals surface area contributed by atoms with Gasteiger partial charge in [0.15, 0.2) is 0 Å². The van der Waals surface area contributed by atoms with Gasteiger partial charge in [-0.25, -0.2) is 4.39 Å². The first-order valence-corrected chi connectivity index (χ1v) is 6.57. The number of amides is 1. The van der Waals surface area contributed by atoms with Gasteiger partial charge < -0.3 is 10.6 Å². The molecule has 0 unspecified atom stereocenters. The van der Waals surface area contributed by atoms with E-state index in [-0.39, 0.29) is 11.7 Å². The SMILES string of the molecule is CN(CC(=O)NCCc1ccc(F)cc1)C1CNC1. The Balaban J connectivity index is 1.64. The third-order valence-electron chi connectivity index (χ3n) is 3.43. The molecule has 104 valence electrons. The van der Waals surface area contributed by atoms with Crippen molar-refractivity contribution < 1.29 is 9.18 Å². The molecule has 0 aromatic heterocycles. The van der Waals surface area contributed by atoms with Gasteiger partial charge in [-0.3, -0.25) is 9.69 Å². The number of benzene rings is 1.